The Labute approximate surface area is 118 Å². The van der Waals surface area contributed by atoms with Crippen LogP contribution in [0.3, 0.4) is 0 Å². The number of ether oxygens (including phenoxy) is 1. The highest BCUT2D eigenvalue weighted by Crippen LogP contribution is 2.10. The molecule has 1 aromatic rings. The molecule has 0 aliphatic carbocycles. The number of nitrogens with zero attached hydrogens (tertiary/aromatic N) is 1. The minimum absolute atomic E-state index is 0.0661. The lowest BCUT2D eigenvalue weighted by Crippen LogP contribution is -2.33. The SMILES string of the molecule is N#Cc1ccc(NC(=O)CCOC2CCNCC2)cc1. The Hall–Kier alpha value is -1.90. The van der Waals surface area contributed by atoms with Gasteiger partial charge < -0.3 is 15.4 Å². The van der Waals surface area contributed by atoms with E-state index in [-0.39, 0.29) is 12.0 Å². The fraction of sp³-hybridized carbons (Fsp3) is 0.467. The Balaban J connectivity index is 1.68. The summed E-state index contributed by atoms with van der Waals surface area (Å²) in [5.74, 6) is -0.0661. The van der Waals surface area contributed by atoms with E-state index in [4.69, 9.17) is 10.00 Å². The Bertz CT molecular complexity index is 473. The maximum atomic E-state index is 11.7. The van der Waals surface area contributed by atoms with E-state index in [1.54, 1.807) is 24.3 Å². The summed E-state index contributed by atoms with van der Waals surface area (Å²) in [7, 11) is 0. The van der Waals surface area contributed by atoms with Crippen LogP contribution in [-0.4, -0.2) is 31.7 Å². The first-order valence-electron chi connectivity index (χ1n) is 6.90. The molecule has 0 radical (unpaired) electrons. The molecule has 106 valence electrons. The van der Waals surface area contributed by atoms with Crippen molar-refractivity contribution in [2.45, 2.75) is 25.4 Å². The molecule has 5 nitrogen and oxygen atoms in total. The van der Waals surface area contributed by atoms with Crippen LogP contribution in [0.5, 0.6) is 0 Å². The highest BCUT2D eigenvalue weighted by Gasteiger charge is 2.13. The first-order chi connectivity index (χ1) is 9.78. The van der Waals surface area contributed by atoms with Crippen molar-refractivity contribution in [3.8, 4) is 6.07 Å². The third-order valence-corrected chi connectivity index (χ3v) is 3.27. The Morgan fingerprint density at radius 3 is 2.70 bits per heavy atom. The summed E-state index contributed by atoms with van der Waals surface area (Å²) >= 11 is 0. The average molecular weight is 273 g/mol. The summed E-state index contributed by atoms with van der Waals surface area (Å²) in [6.45, 7) is 2.43. The number of hydrogen-bond donors (Lipinski definition) is 2. The molecule has 0 unspecified atom stereocenters. The first kappa shape index (κ1) is 14.5. The van der Waals surface area contributed by atoms with Gasteiger partial charge in [-0.3, -0.25) is 4.79 Å². The van der Waals surface area contributed by atoms with Crippen LogP contribution in [0.1, 0.15) is 24.8 Å². The smallest absolute Gasteiger partial charge is 0.226 e. The van der Waals surface area contributed by atoms with E-state index in [2.05, 4.69) is 10.6 Å². The number of nitriles is 1. The molecule has 1 aliphatic heterocycles. The van der Waals surface area contributed by atoms with E-state index >= 15 is 0 Å². The number of nitrogens with one attached hydrogen (secondary N) is 2. The van der Waals surface area contributed by atoms with Gasteiger partial charge in [0.15, 0.2) is 0 Å². The van der Waals surface area contributed by atoms with Crippen molar-refractivity contribution in [3.63, 3.8) is 0 Å². The van der Waals surface area contributed by atoms with E-state index < -0.39 is 0 Å². The summed E-state index contributed by atoms with van der Waals surface area (Å²) in [5.41, 5.74) is 1.29. The lowest BCUT2D eigenvalue weighted by Gasteiger charge is -2.22. The number of carbonyl (C=O) groups is 1. The van der Waals surface area contributed by atoms with Gasteiger partial charge in [0.1, 0.15) is 0 Å². The topological polar surface area (TPSA) is 74.2 Å². The molecule has 1 heterocycles. The Morgan fingerprint density at radius 2 is 2.05 bits per heavy atom. The standard InChI is InChI=1S/C15H19N3O2/c16-11-12-1-3-13(4-2-12)18-15(19)7-10-20-14-5-8-17-9-6-14/h1-4,14,17H,5-10H2,(H,18,19). The van der Waals surface area contributed by atoms with Crippen LogP contribution in [0.4, 0.5) is 5.69 Å². The second kappa shape index (κ2) is 7.63. The highest BCUT2D eigenvalue weighted by atomic mass is 16.5. The number of carbonyl (C=O) groups excluding carboxylic acids is 1. The van der Waals surface area contributed by atoms with Gasteiger partial charge in [-0.05, 0) is 50.2 Å². The molecule has 1 fully saturated rings. The van der Waals surface area contributed by atoms with Crippen molar-refractivity contribution in [2.75, 3.05) is 25.0 Å². The van der Waals surface area contributed by atoms with Gasteiger partial charge in [0.25, 0.3) is 0 Å². The van der Waals surface area contributed by atoms with Crippen molar-refractivity contribution < 1.29 is 9.53 Å². The monoisotopic (exact) mass is 273 g/mol. The van der Waals surface area contributed by atoms with Gasteiger partial charge in [-0.15, -0.1) is 0 Å². The largest absolute Gasteiger partial charge is 0.378 e. The predicted octanol–water partition coefficient (Wildman–Crippen LogP) is 1.66. The van der Waals surface area contributed by atoms with Gasteiger partial charge in [-0.2, -0.15) is 5.26 Å². The first-order valence-corrected chi connectivity index (χ1v) is 6.90. The second-order valence-corrected chi connectivity index (χ2v) is 4.81. The summed E-state index contributed by atoms with van der Waals surface area (Å²) in [5, 5.41) is 14.8. The lowest BCUT2D eigenvalue weighted by molar-refractivity contribution is -0.117. The van der Waals surface area contributed by atoms with Crippen LogP contribution in [0.2, 0.25) is 0 Å². The maximum Gasteiger partial charge on any atom is 0.226 e. The zero-order valence-electron chi connectivity index (χ0n) is 11.4. The molecule has 1 saturated heterocycles. The van der Waals surface area contributed by atoms with Crippen LogP contribution >= 0.6 is 0 Å². The van der Waals surface area contributed by atoms with Gasteiger partial charge in [0.05, 0.1) is 30.8 Å². The molecule has 1 aliphatic rings. The van der Waals surface area contributed by atoms with Gasteiger partial charge in [0.2, 0.25) is 5.91 Å². The number of benzene rings is 1. The number of hydrogen-bond acceptors (Lipinski definition) is 4. The third-order valence-electron chi connectivity index (χ3n) is 3.27. The van der Waals surface area contributed by atoms with Crippen molar-refractivity contribution in [2.24, 2.45) is 0 Å². The molecule has 0 bridgehead atoms. The Morgan fingerprint density at radius 1 is 1.35 bits per heavy atom. The van der Waals surface area contributed by atoms with Gasteiger partial charge in [-0.1, -0.05) is 0 Å². The van der Waals surface area contributed by atoms with E-state index in [0.29, 0.717) is 24.3 Å². The third kappa shape index (κ3) is 4.65. The van der Waals surface area contributed by atoms with E-state index in [0.717, 1.165) is 25.9 Å². The van der Waals surface area contributed by atoms with Crippen molar-refractivity contribution in [1.82, 2.24) is 5.32 Å². The zero-order chi connectivity index (χ0) is 14.2. The minimum atomic E-state index is -0.0661. The van der Waals surface area contributed by atoms with Crippen LogP contribution in [0, 0.1) is 11.3 Å². The molecular formula is C15H19N3O2. The minimum Gasteiger partial charge on any atom is -0.378 e. The predicted molar refractivity (Wildman–Crippen MR) is 76.2 cm³/mol. The lowest BCUT2D eigenvalue weighted by atomic mass is 10.1. The normalized spacial score (nSPS) is 15.6. The van der Waals surface area contributed by atoms with Crippen LogP contribution < -0.4 is 10.6 Å². The zero-order valence-corrected chi connectivity index (χ0v) is 11.4. The highest BCUT2D eigenvalue weighted by molar-refractivity contribution is 5.90. The molecule has 2 N–H and O–H groups in total. The quantitative estimate of drug-likeness (QED) is 0.855. The maximum absolute atomic E-state index is 11.7. The van der Waals surface area contributed by atoms with Crippen LogP contribution in [0.25, 0.3) is 0 Å². The molecule has 0 spiro atoms. The molecule has 0 saturated carbocycles. The molecule has 1 aromatic carbocycles. The summed E-state index contributed by atoms with van der Waals surface area (Å²) in [6.07, 6.45) is 2.65. The van der Waals surface area contributed by atoms with Crippen molar-refractivity contribution >= 4 is 11.6 Å². The fourth-order valence-electron chi connectivity index (χ4n) is 2.13. The van der Waals surface area contributed by atoms with Gasteiger partial charge in [0, 0.05) is 5.69 Å². The molecule has 5 heteroatoms. The summed E-state index contributed by atoms with van der Waals surface area (Å²) in [6, 6.07) is 8.86. The Kier molecular flexibility index (Phi) is 5.54. The molecular weight excluding hydrogens is 254 g/mol. The average Bonchev–Trinajstić information content (AvgIpc) is 2.49. The molecule has 0 aromatic heterocycles. The van der Waals surface area contributed by atoms with Crippen molar-refractivity contribution in [3.05, 3.63) is 29.8 Å². The summed E-state index contributed by atoms with van der Waals surface area (Å²) < 4.78 is 5.68. The van der Waals surface area contributed by atoms with E-state index in [1.807, 2.05) is 6.07 Å². The van der Waals surface area contributed by atoms with Crippen LogP contribution in [0.15, 0.2) is 24.3 Å². The summed E-state index contributed by atoms with van der Waals surface area (Å²) in [4.78, 5) is 11.7. The van der Waals surface area contributed by atoms with E-state index in [1.165, 1.54) is 0 Å². The molecule has 1 amide bonds. The fourth-order valence-corrected chi connectivity index (χ4v) is 2.13. The number of amides is 1. The second-order valence-electron chi connectivity index (χ2n) is 4.81. The molecule has 2 rings (SSSR count). The number of piperidine rings is 1. The van der Waals surface area contributed by atoms with Gasteiger partial charge >= 0.3 is 0 Å². The van der Waals surface area contributed by atoms with Crippen molar-refractivity contribution in [1.29, 1.82) is 5.26 Å². The molecule has 0 atom stereocenters. The van der Waals surface area contributed by atoms with Crippen LogP contribution in [-0.2, 0) is 9.53 Å². The number of anilines is 1. The van der Waals surface area contributed by atoms with Gasteiger partial charge in [-0.25, -0.2) is 0 Å². The number of rotatable bonds is 5. The van der Waals surface area contributed by atoms with E-state index in [9.17, 15) is 4.79 Å². The molecule has 20 heavy (non-hydrogen) atoms.